The van der Waals surface area contributed by atoms with Gasteiger partial charge in [0.25, 0.3) is 5.91 Å². The molecule has 0 spiro atoms. The quantitative estimate of drug-likeness (QED) is 0.667. The van der Waals surface area contributed by atoms with Crippen LogP contribution in [0.5, 0.6) is 0 Å². The molecule has 0 N–H and O–H groups in total. The van der Waals surface area contributed by atoms with E-state index >= 15 is 0 Å². The lowest BCUT2D eigenvalue weighted by Gasteiger charge is -2.31. The van der Waals surface area contributed by atoms with Crippen molar-refractivity contribution in [2.24, 2.45) is 0 Å². The normalized spacial score (nSPS) is 17.5. The fourth-order valence-corrected chi connectivity index (χ4v) is 3.41. The van der Waals surface area contributed by atoms with E-state index in [0.29, 0.717) is 28.7 Å². The highest BCUT2D eigenvalue weighted by molar-refractivity contribution is 6.31. The van der Waals surface area contributed by atoms with Gasteiger partial charge >= 0.3 is 0 Å². The Morgan fingerprint density at radius 1 is 1.39 bits per heavy atom. The predicted molar refractivity (Wildman–Crippen MR) is 87.1 cm³/mol. The second-order valence-electron chi connectivity index (χ2n) is 5.60. The van der Waals surface area contributed by atoms with Crippen molar-refractivity contribution < 1.29 is 9.21 Å². The highest BCUT2D eigenvalue weighted by Crippen LogP contribution is 2.35. The van der Waals surface area contributed by atoms with Gasteiger partial charge in [0.1, 0.15) is 12.0 Å². The van der Waals surface area contributed by atoms with Crippen molar-refractivity contribution in [2.75, 3.05) is 6.54 Å². The first-order valence-corrected chi connectivity index (χ1v) is 8.02. The summed E-state index contributed by atoms with van der Waals surface area (Å²) in [6.07, 6.45) is 3.89. The fourth-order valence-electron chi connectivity index (χ4n) is 3.03. The molecule has 1 atom stereocenters. The average Bonchev–Trinajstić information content (AvgIpc) is 3.11. The van der Waals surface area contributed by atoms with Crippen molar-refractivity contribution in [3.8, 4) is 0 Å². The van der Waals surface area contributed by atoms with Crippen molar-refractivity contribution in [1.29, 1.82) is 0 Å². The maximum Gasteiger partial charge on any atom is 0.275 e. The van der Waals surface area contributed by atoms with Crippen molar-refractivity contribution in [3.05, 3.63) is 57.7 Å². The number of rotatable bonds is 1. The molecule has 0 saturated carbocycles. The molecule has 3 aromatic heterocycles. The van der Waals surface area contributed by atoms with Crippen LogP contribution in [-0.2, 0) is 6.42 Å². The molecule has 0 aromatic carbocycles. The number of hydrogen-bond donors (Lipinski definition) is 0. The Morgan fingerprint density at radius 3 is 3.04 bits per heavy atom. The number of nitrogens with zero attached hydrogens (tertiary/aromatic N) is 3. The monoisotopic (exact) mass is 349 g/mol. The molecule has 1 amide bonds. The van der Waals surface area contributed by atoms with Crippen LogP contribution in [-0.4, -0.2) is 27.0 Å². The molecule has 1 aliphatic heterocycles. The average molecular weight is 350 g/mol. The number of carbonyl (C=O) groups excluding carboxylic acids is 1. The number of hydrogen-bond acceptors (Lipinski definition) is 3. The molecular weight excluding hydrogens is 337 g/mol. The molecule has 23 heavy (non-hydrogen) atoms. The van der Waals surface area contributed by atoms with Gasteiger partial charge < -0.3 is 9.32 Å². The summed E-state index contributed by atoms with van der Waals surface area (Å²) in [6, 6.07) is 5.19. The molecule has 3 aromatic rings. The van der Waals surface area contributed by atoms with Crippen LogP contribution in [0.25, 0.3) is 5.52 Å². The standard InChI is InChI=1S/C16H13Cl2N3O2/c1-9-15-12(13(18)8-23-15)4-5-20(9)16(22)14-6-11-3-2-10(17)7-21(11)19-14/h2-3,6-9H,4-5H2,1H3. The minimum absolute atomic E-state index is 0.129. The van der Waals surface area contributed by atoms with Gasteiger partial charge in [-0.25, -0.2) is 4.52 Å². The van der Waals surface area contributed by atoms with Gasteiger partial charge in [0.15, 0.2) is 5.69 Å². The number of furan rings is 1. The van der Waals surface area contributed by atoms with Crippen LogP contribution in [0.4, 0.5) is 0 Å². The molecule has 0 bridgehead atoms. The molecule has 5 nitrogen and oxygen atoms in total. The highest BCUT2D eigenvalue weighted by Gasteiger charge is 2.33. The fraction of sp³-hybridized carbons (Fsp3) is 0.250. The van der Waals surface area contributed by atoms with Crippen LogP contribution in [0.1, 0.15) is 34.8 Å². The Morgan fingerprint density at radius 2 is 2.22 bits per heavy atom. The Bertz CT molecular complexity index is 915. The van der Waals surface area contributed by atoms with Gasteiger partial charge in [-0.3, -0.25) is 4.79 Å². The Labute approximate surface area is 142 Å². The number of amides is 1. The first-order valence-electron chi connectivity index (χ1n) is 7.26. The van der Waals surface area contributed by atoms with Crippen LogP contribution in [0.3, 0.4) is 0 Å². The maximum absolute atomic E-state index is 12.8. The van der Waals surface area contributed by atoms with Crippen LogP contribution in [0.2, 0.25) is 10.0 Å². The summed E-state index contributed by atoms with van der Waals surface area (Å²) >= 11 is 12.1. The van der Waals surface area contributed by atoms with E-state index in [9.17, 15) is 4.79 Å². The van der Waals surface area contributed by atoms with Gasteiger partial charge in [0, 0.05) is 18.3 Å². The summed E-state index contributed by atoms with van der Waals surface area (Å²) in [4.78, 5) is 14.6. The summed E-state index contributed by atoms with van der Waals surface area (Å²) in [5.41, 5.74) is 2.20. The van der Waals surface area contributed by atoms with Crippen LogP contribution < -0.4 is 0 Å². The molecule has 1 unspecified atom stereocenters. The summed E-state index contributed by atoms with van der Waals surface area (Å²) in [6.45, 7) is 2.52. The van der Waals surface area contributed by atoms with Crippen molar-refractivity contribution in [3.63, 3.8) is 0 Å². The van der Waals surface area contributed by atoms with E-state index in [1.165, 1.54) is 6.26 Å². The minimum atomic E-state index is -0.174. The first-order chi connectivity index (χ1) is 11.0. The number of fused-ring (bicyclic) bond motifs is 2. The lowest BCUT2D eigenvalue weighted by Crippen LogP contribution is -2.38. The van der Waals surface area contributed by atoms with Gasteiger partial charge in [0.2, 0.25) is 0 Å². The van der Waals surface area contributed by atoms with Gasteiger partial charge in [-0.2, -0.15) is 5.10 Å². The molecule has 4 heterocycles. The third-order valence-electron chi connectivity index (χ3n) is 4.23. The molecule has 0 radical (unpaired) electrons. The Hall–Kier alpha value is -1.98. The summed E-state index contributed by atoms with van der Waals surface area (Å²) in [5, 5.41) is 5.53. The number of pyridine rings is 1. The molecule has 0 aliphatic carbocycles. The zero-order chi connectivity index (χ0) is 16.1. The molecule has 0 saturated heterocycles. The smallest absolute Gasteiger partial charge is 0.275 e. The molecule has 118 valence electrons. The van der Waals surface area contributed by atoms with Crippen molar-refractivity contribution in [2.45, 2.75) is 19.4 Å². The lowest BCUT2D eigenvalue weighted by molar-refractivity contribution is 0.0646. The van der Waals surface area contributed by atoms with E-state index in [0.717, 1.165) is 16.8 Å². The lowest BCUT2D eigenvalue weighted by atomic mass is 10.0. The molecular formula is C16H13Cl2N3O2. The zero-order valence-electron chi connectivity index (χ0n) is 12.3. The largest absolute Gasteiger partial charge is 0.465 e. The van der Waals surface area contributed by atoms with E-state index < -0.39 is 0 Å². The van der Waals surface area contributed by atoms with E-state index in [1.54, 1.807) is 27.7 Å². The zero-order valence-corrected chi connectivity index (χ0v) is 13.8. The second kappa shape index (κ2) is 5.28. The van der Waals surface area contributed by atoms with Crippen LogP contribution in [0, 0.1) is 0 Å². The second-order valence-corrected chi connectivity index (χ2v) is 6.44. The van der Waals surface area contributed by atoms with Crippen molar-refractivity contribution >= 4 is 34.6 Å². The number of halogens is 2. The van der Waals surface area contributed by atoms with Crippen LogP contribution in [0.15, 0.2) is 35.1 Å². The summed E-state index contributed by atoms with van der Waals surface area (Å²) in [7, 11) is 0. The van der Waals surface area contributed by atoms with E-state index in [-0.39, 0.29) is 11.9 Å². The van der Waals surface area contributed by atoms with Gasteiger partial charge in [0.05, 0.1) is 21.6 Å². The predicted octanol–water partition coefficient (Wildman–Crippen LogP) is 3.99. The Balaban J connectivity index is 1.68. The molecule has 0 fully saturated rings. The Kier molecular flexibility index (Phi) is 3.36. The minimum Gasteiger partial charge on any atom is -0.465 e. The maximum atomic E-state index is 12.8. The summed E-state index contributed by atoms with van der Waals surface area (Å²) < 4.78 is 7.13. The van der Waals surface area contributed by atoms with Gasteiger partial charge in [-0.15, -0.1) is 0 Å². The highest BCUT2D eigenvalue weighted by atomic mass is 35.5. The van der Waals surface area contributed by atoms with Crippen molar-refractivity contribution in [1.82, 2.24) is 14.5 Å². The molecule has 7 heteroatoms. The first kappa shape index (κ1) is 14.6. The van der Waals surface area contributed by atoms with Gasteiger partial charge in [-0.1, -0.05) is 23.2 Å². The third kappa shape index (κ3) is 2.31. The van der Waals surface area contributed by atoms with Gasteiger partial charge in [-0.05, 0) is 31.5 Å². The third-order valence-corrected chi connectivity index (χ3v) is 4.77. The van der Waals surface area contributed by atoms with E-state index in [2.05, 4.69) is 5.10 Å². The topological polar surface area (TPSA) is 50.8 Å². The molecule has 1 aliphatic rings. The van der Waals surface area contributed by atoms with E-state index in [4.69, 9.17) is 27.6 Å². The number of carbonyl (C=O) groups is 1. The van der Waals surface area contributed by atoms with E-state index in [1.807, 2.05) is 13.0 Å². The molecule has 4 rings (SSSR count). The number of aromatic nitrogens is 2. The SMILES string of the molecule is CC1c2occ(Cl)c2CCN1C(=O)c1cc2ccc(Cl)cn2n1. The summed E-state index contributed by atoms with van der Waals surface area (Å²) in [5.74, 6) is 0.622. The van der Waals surface area contributed by atoms with Crippen LogP contribution >= 0.6 is 23.2 Å².